The molecule has 0 spiro atoms. The van der Waals surface area contributed by atoms with Gasteiger partial charge in [0.05, 0.1) is 31.9 Å². The number of benzene rings is 1. The topological polar surface area (TPSA) is 84.9 Å². The highest BCUT2D eigenvalue weighted by Crippen LogP contribution is 2.39. The van der Waals surface area contributed by atoms with Crippen molar-refractivity contribution in [2.45, 2.75) is 26.0 Å². The van der Waals surface area contributed by atoms with E-state index in [0.29, 0.717) is 17.1 Å². The molecule has 0 aliphatic carbocycles. The van der Waals surface area contributed by atoms with Crippen molar-refractivity contribution in [1.82, 2.24) is 0 Å². The van der Waals surface area contributed by atoms with Crippen LogP contribution in [0.2, 0.25) is 0 Å². The number of methoxy groups -OCH3 is 2. The quantitative estimate of drug-likeness (QED) is 0.771. The van der Waals surface area contributed by atoms with Gasteiger partial charge in [-0.05, 0) is 5.92 Å². The van der Waals surface area contributed by atoms with Crippen molar-refractivity contribution >= 4 is 12.4 Å². The van der Waals surface area contributed by atoms with E-state index >= 15 is 0 Å². The van der Waals surface area contributed by atoms with Crippen molar-refractivity contribution in [3.05, 3.63) is 17.7 Å². The molecule has 0 saturated heterocycles. The van der Waals surface area contributed by atoms with Crippen molar-refractivity contribution in [2.75, 3.05) is 14.2 Å². The molecule has 0 aliphatic heterocycles. The summed E-state index contributed by atoms with van der Waals surface area (Å²) in [5, 5.41) is 19.6. The number of phenols is 1. The Morgan fingerprint density at radius 1 is 1.11 bits per heavy atom. The van der Waals surface area contributed by atoms with Crippen molar-refractivity contribution in [2.24, 2.45) is 11.7 Å². The summed E-state index contributed by atoms with van der Waals surface area (Å²) >= 11 is 0. The van der Waals surface area contributed by atoms with Gasteiger partial charge < -0.3 is 25.4 Å². The Hall–Kier alpha value is -1.17. The molecule has 1 aromatic rings. The Morgan fingerprint density at radius 2 is 1.53 bits per heavy atom. The highest BCUT2D eigenvalue weighted by Gasteiger charge is 2.27. The molecule has 0 aromatic heterocycles. The van der Waals surface area contributed by atoms with Crippen LogP contribution in [0.5, 0.6) is 17.2 Å². The molecule has 5 nitrogen and oxygen atoms in total. The number of aromatic hydroxyl groups is 1. The fourth-order valence-corrected chi connectivity index (χ4v) is 1.84. The molecule has 19 heavy (non-hydrogen) atoms. The largest absolute Gasteiger partial charge is 0.508 e. The second kappa shape index (κ2) is 7.43. The van der Waals surface area contributed by atoms with Crippen LogP contribution in [0.25, 0.3) is 0 Å². The smallest absolute Gasteiger partial charge is 0.131 e. The molecular formula is C13H22ClNO4. The predicted octanol–water partition coefficient (Wildman–Crippen LogP) is 1.85. The summed E-state index contributed by atoms with van der Waals surface area (Å²) in [4.78, 5) is 0. The van der Waals surface area contributed by atoms with Crippen LogP contribution in [0.1, 0.15) is 25.5 Å². The summed E-state index contributed by atoms with van der Waals surface area (Å²) in [5.74, 6) is 0.833. The minimum absolute atomic E-state index is 0. The van der Waals surface area contributed by atoms with E-state index in [1.165, 1.54) is 26.4 Å². The fraction of sp³-hybridized carbons (Fsp3) is 0.538. The third kappa shape index (κ3) is 3.89. The number of ether oxygens (including phenoxy) is 2. The van der Waals surface area contributed by atoms with Gasteiger partial charge in [-0.3, -0.25) is 0 Å². The Balaban J connectivity index is 0.00000324. The number of nitrogens with two attached hydrogens (primary N) is 1. The van der Waals surface area contributed by atoms with Crippen LogP contribution in [0, 0.1) is 5.92 Å². The first-order valence-electron chi connectivity index (χ1n) is 5.80. The molecule has 0 unspecified atom stereocenters. The summed E-state index contributed by atoms with van der Waals surface area (Å²) in [7, 11) is 2.96. The first-order valence-corrected chi connectivity index (χ1v) is 5.80. The van der Waals surface area contributed by atoms with Crippen LogP contribution in [0.4, 0.5) is 0 Å². The van der Waals surface area contributed by atoms with Crippen LogP contribution in [0.3, 0.4) is 0 Å². The second-order valence-corrected chi connectivity index (χ2v) is 4.52. The Bertz CT molecular complexity index is 387. The first kappa shape index (κ1) is 17.8. The summed E-state index contributed by atoms with van der Waals surface area (Å²) in [6.45, 7) is 3.76. The van der Waals surface area contributed by atoms with Crippen LogP contribution < -0.4 is 15.2 Å². The fourth-order valence-electron chi connectivity index (χ4n) is 1.84. The zero-order chi connectivity index (χ0) is 13.9. The van der Waals surface area contributed by atoms with E-state index in [1.807, 2.05) is 13.8 Å². The van der Waals surface area contributed by atoms with Gasteiger partial charge in [0.1, 0.15) is 17.2 Å². The van der Waals surface area contributed by atoms with E-state index in [0.717, 1.165) is 0 Å². The zero-order valence-electron chi connectivity index (χ0n) is 11.6. The normalized spacial score (nSPS) is 13.6. The predicted molar refractivity (Wildman–Crippen MR) is 76.2 cm³/mol. The molecular weight excluding hydrogens is 270 g/mol. The van der Waals surface area contributed by atoms with Crippen molar-refractivity contribution < 1.29 is 19.7 Å². The van der Waals surface area contributed by atoms with Crippen LogP contribution in [-0.2, 0) is 0 Å². The molecule has 1 rings (SSSR count). The lowest BCUT2D eigenvalue weighted by atomic mass is 9.93. The summed E-state index contributed by atoms with van der Waals surface area (Å²) < 4.78 is 10.4. The van der Waals surface area contributed by atoms with Gasteiger partial charge in [-0.15, -0.1) is 12.4 Å². The average molecular weight is 292 g/mol. The van der Waals surface area contributed by atoms with Gasteiger partial charge in [-0.25, -0.2) is 0 Å². The molecule has 0 aliphatic rings. The summed E-state index contributed by atoms with van der Waals surface area (Å²) in [6.07, 6.45) is -0.725. The number of hydrogen-bond acceptors (Lipinski definition) is 5. The minimum Gasteiger partial charge on any atom is -0.508 e. The number of phenolic OH excluding ortho intramolecular Hbond substituents is 1. The first-order chi connectivity index (χ1) is 8.42. The third-order valence-corrected chi connectivity index (χ3v) is 2.91. The summed E-state index contributed by atoms with van der Waals surface area (Å²) in [5.41, 5.74) is 6.61. The monoisotopic (exact) mass is 291 g/mol. The second-order valence-electron chi connectivity index (χ2n) is 4.52. The van der Waals surface area contributed by atoms with Gasteiger partial charge in [0, 0.05) is 12.1 Å². The Kier molecular flexibility index (Phi) is 6.97. The number of aliphatic hydroxyl groups is 1. The van der Waals surface area contributed by atoms with Gasteiger partial charge in [0.25, 0.3) is 0 Å². The molecule has 0 radical (unpaired) electrons. The molecule has 6 heteroatoms. The molecule has 0 fully saturated rings. The van der Waals surface area contributed by atoms with Crippen molar-refractivity contribution in [3.8, 4) is 17.2 Å². The van der Waals surface area contributed by atoms with Crippen molar-refractivity contribution in [3.63, 3.8) is 0 Å². The van der Waals surface area contributed by atoms with Crippen LogP contribution >= 0.6 is 12.4 Å². The van der Waals surface area contributed by atoms with E-state index in [-0.39, 0.29) is 24.1 Å². The van der Waals surface area contributed by atoms with E-state index in [1.54, 1.807) is 0 Å². The lowest BCUT2D eigenvalue weighted by Crippen LogP contribution is -2.31. The maximum Gasteiger partial charge on any atom is 0.131 e. The number of rotatable bonds is 5. The van der Waals surface area contributed by atoms with Crippen LogP contribution in [0.15, 0.2) is 12.1 Å². The van der Waals surface area contributed by atoms with Gasteiger partial charge in [0.2, 0.25) is 0 Å². The highest BCUT2D eigenvalue weighted by atomic mass is 35.5. The Labute approximate surface area is 119 Å². The maximum absolute atomic E-state index is 10.1. The Morgan fingerprint density at radius 3 is 1.84 bits per heavy atom. The summed E-state index contributed by atoms with van der Waals surface area (Å²) in [6, 6.07) is 2.26. The molecule has 4 N–H and O–H groups in total. The van der Waals surface area contributed by atoms with Gasteiger partial charge in [0.15, 0.2) is 0 Å². The molecule has 0 saturated carbocycles. The molecule has 0 heterocycles. The zero-order valence-corrected chi connectivity index (χ0v) is 12.4. The molecule has 2 atom stereocenters. The number of hydrogen-bond donors (Lipinski definition) is 3. The molecule has 1 aromatic carbocycles. The SMILES string of the molecule is COc1cc(O)cc(OC)c1[C@H](N)[C@H](O)C(C)C.Cl. The van der Waals surface area contributed by atoms with Gasteiger partial charge in [-0.2, -0.15) is 0 Å². The standard InChI is InChI=1S/C13H21NO4.ClH/c1-7(2)13(16)12(14)11-9(17-3)5-8(15)6-10(11)18-4;/h5-7,12-13,15-16H,14H2,1-4H3;1H/t12-,13+;/m0./s1. The lowest BCUT2D eigenvalue weighted by Gasteiger charge is -2.25. The van der Waals surface area contributed by atoms with E-state index in [9.17, 15) is 10.2 Å². The molecule has 0 bridgehead atoms. The van der Waals surface area contributed by atoms with E-state index in [2.05, 4.69) is 0 Å². The minimum atomic E-state index is -0.725. The third-order valence-electron chi connectivity index (χ3n) is 2.91. The van der Waals surface area contributed by atoms with Crippen molar-refractivity contribution in [1.29, 1.82) is 0 Å². The molecule has 110 valence electrons. The van der Waals surface area contributed by atoms with Gasteiger partial charge >= 0.3 is 0 Å². The van der Waals surface area contributed by atoms with E-state index in [4.69, 9.17) is 15.2 Å². The highest BCUT2D eigenvalue weighted by molar-refractivity contribution is 5.85. The molecule has 0 amide bonds. The van der Waals surface area contributed by atoms with Crippen LogP contribution in [-0.4, -0.2) is 30.5 Å². The van der Waals surface area contributed by atoms with Gasteiger partial charge in [-0.1, -0.05) is 13.8 Å². The lowest BCUT2D eigenvalue weighted by molar-refractivity contribution is 0.0958. The maximum atomic E-state index is 10.1. The average Bonchev–Trinajstić information content (AvgIpc) is 2.35. The number of halogens is 1. The number of aliphatic hydroxyl groups excluding tert-OH is 1. The van der Waals surface area contributed by atoms with E-state index < -0.39 is 12.1 Å².